The van der Waals surface area contributed by atoms with E-state index in [9.17, 15) is 0 Å². The predicted molar refractivity (Wildman–Crippen MR) is 161 cm³/mol. The summed E-state index contributed by atoms with van der Waals surface area (Å²) in [5, 5.41) is 12.5. The normalized spacial score (nSPS) is 11.3. The van der Waals surface area contributed by atoms with Crippen LogP contribution in [-0.2, 0) is 19.4 Å². The lowest BCUT2D eigenvalue weighted by molar-refractivity contribution is 0.873. The predicted octanol–water partition coefficient (Wildman–Crippen LogP) is 7.40. The zero-order valence-electron chi connectivity index (χ0n) is 22.1. The van der Waals surface area contributed by atoms with Crippen LogP contribution in [0.25, 0.3) is 11.1 Å². The molecule has 0 saturated heterocycles. The summed E-state index contributed by atoms with van der Waals surface area (Å²) in [5.41, 5.74) is 8.48. The molecule has 2 N–H and O–H groups in total. The van der Waals surface area contributed by atoms with Crippen molar-refractivity contribution >= 4 is 11.7 Å². The van der Waals surface area contributed by atoms with Crippen molar-refractivity contribution in [3.05, 3.63) is 161 Å². The van der Waals surface area contributed by atoms with E-state index < -0.39 is 0 Å². The van der Waals surface area contributed by atoms with E-state index in [1.807, 2.05) is 54.6 Å². The summed E-state index contributed by atoms with van der Waals surface area (Å²) in [7, 11) is 0. The standard InChI is InChI=1S/C35H32N4/c1-26-12-10-20-32(29-16-6-3-7-17-29)33(26)35(38-25-31-19-8-9-23-37-31)39-34(36)30-18-11-15-28(24-30)22-21-27-13-4-2-5-14-27/h2-20,23-24H,21-22,25H2,1H3,(H2,36,38,39). The van der Waals surface area contributed by atoms with Gasteiger partial charge >= 0.3 is 0 Å². The van der Waals surface area contributed by atoms with Gasteiger partial charge in [-0.3, -0.25) is 10.4 Å². The first-order chi connectivity index (χ1) is 19.2. The van der Waals surface area contributed by atoms with Gasteiger partial charge in [-0.2, -0.15) is 0 Å². The van der Waals surface area contributed by atoms with E-state index in [2.05, 4.69) is 84.0 Å². The van der Waals surface area contributed by atoms with Crippen LogP contribution >= 0.6 is 0 Å². The minimum absolute atomic E-state index is 0.224. The molecule has 0 radical (unpaired) electrons. The third-order valence-corrected chi connectivity index (χ3v) is 6.73. The molecule has 0 aliphatic carbocycles. The molecule has 1 heterocycles. The minimum atomic E-state index is 0.224. The molecule has 0 unspecified atom stereocenters. The van der Waals surface area contributed by atoms with Crippen LogP contribution in [0, 0.1) is 12.3 Å². The highest BCUT2D eigenvalue weighted by molar-refractivity contribution is 6.13. The third-order valence-electron chi connectivity index (χ3n) is 6.73. The fourth-order valence-corrected chi connectivity index (χ4v) is 4.68. The highest BCUT2D eigenvalue weighted by atomic mass is 15.0. The number of aliphatic imine (C=N–C) groups is 1. The molecule has 0 aliphatic rings. The number of aromatic nitrogens is 1. The van der Waals surface area contributed by atoms with Crippen molar-refractivity contribution < 1.29 is 0 Å². The zero-order chi connectivity index (χ0) is 26.9. The molecular formula is C35H32N4. The summed E-state index contributed by atoms with van der Waals surface area (Å²) in [5.74, 6) is 0.889. The van der Waals surface area contributed by atoms with Gasteiger partial charge in [-0.1, -0.05) is 103 Å². The average molecular weight is 509 g/mol. The second kappa shape index (κ2) is 12.6. The van der Waals surface area contributed by atoms with E-state index in [-0.39, 0.29) is 5.84 Å². The van der Waals surface area contributed by atoms with Crippen LogP contribution in [0.4, 0.5) is 0 Å². The van der Waals surface area contributed by atoms with Crippen molar-refractivity contribution in [2.24, 2.45) is 4.99 Å². The van der Waals surface area contributed by atoms with Crippen molar-refractivity contribution in [2.75, 3.05) is 0 Å². The topological polar surface area (TPSA) is 61.1 Å². The number of aryl methyl sites for hydroxylation is 3. The summed E-state index contributed by atoms with van der Waals surface area (Å²) in [6.45, 7) is 2.60. The summed E-state index contributed by atoms with van der Waals surface area (Å²) in [6.07, 6.45) is 3.66. The van der Waals surface area contributed by atoms with Gasteiger partial charge in [-0.25, -0.2) is 4.99 Å². The van der Waals surface area contributed by atoms with Crippen LogP contribution < -0.4 is 5.32 Å². The summed E-state index contributed by atoms with van der Waals surface area (Å²) >= 11 is 0. The second-order valence-corrected chi connectivity index (χ2v) is 9.53. The molecule has 5 aromatic rings. The largest absolute Gasteiger partial charge is 0.364 e. The zero-order valence-corrected chi connectivity index (χ0v) is 22.1. The molecule has 5 rings (SSSR count). The number of rotatable bonds is 8. The highest BCUT2D eigenvalue weighted by Crippen LogP contribution is 2.27. The fraction of sp³-hybridized carbons (Fsp3) is 0.114. The number of pyridine rings is 1. The van der Waals surface area contributed by atoms with E-state index in [1.165, 1.54) is 11.1 Å². The SMILES string of the molecule is Cc1cccc(-c2ccccc2)c1/C(=N\C(=N)c1cccc(CCc2ccccc2)c1)NCc1ccccn1. The third kappa shape index (κ3) is 6.74. The summed E-state index contributed by atoms with van der Waals surface area (Å²) < 4.78 is 0. The molecule has 4 nitrogen and oxygen atoms in total. The molecular weight excluding hydrogens is 476 g/mol. The number of hydrogen-bond donors (Lipinski definition) is 2. The number of benzene rings is 4. The van der Waals surface area contributed by atoms with E-state index in [0.29, 0.717) is 12.4 Å². The van der Waals surface area contributed by atoms with Gasteiger partial charge in [0.25, 0.3) is 0 Å². The Labute approximate surface area is 230 Å². The lowest BCUT2D eigenvalue weighted by Gasteiger charge is -2.17. The van der Waals surface area contributed by atoms with Crippen LogP contribution in [0.15, 0.2) is 133 Å². The Morgan fingerprint density at radius 3 is 2.21 bits per heavy atom. The van der Waals surface area contributed by atoms with Gasteiger partial charge in [0.15, 0.2) is 5.84 Å². The van der Waals surface area contributed by atoms with Gasteiger partial charge < -0.3 is 5.32 Å². The lowest BCUT2D eigenvalue weighted by atomic mass is 9.95. The first kappa shape index (κ1) is 25.8. The van der Waals surface area contributed by atoms with Gasteiger partial charge in [0, 0.05) is 17.3 Å². The fourth-order valence-electron chi connectivity index (χ4n) is 4.68. The quantitative estimate of drug-likeness (QED) is 0.169. The number of nitrogens with zero attached hydrogens (tertiary/aromatic N) is 2. The van der Waals surface area contributed by atoms with E-state index >= 15 is 0 Å². The Morgan fingerprint density at radius 1 is 0.744 bits per heavy atom. The molecule has 0 atom stereocenters. The van der Waals surface area contributed by atoms with Gasteiger partial charge in [0.05, 0.1) is 12.2 Å². The van der Waals surface area contributed by atoms with Crippen molar-refractivity contribution in [3.63, 3.8) is 0 Å². The van der Waals surface area contributed by atoms with E-state index in [0.717, 1.165) is 46.4 Å². The van der Waals surface area contributed by atoms with Crippen molar-refractivity contribution in [1.29, 1.82) is 5.41 Å². The molecule has 0 amide bonds. The number of amidine groups is 2. The molecule has 0 saturated carbocycles. The molecule has 192 valence electrons. The average Bonchev–Trinajstić information content (AvgIpc) is 3.00. The smallest absolute Gasteiger partial charge is 0.154 e. The lowest BCUT2D eigenvalue weighted by Crippen LogP contribution is -2.27. The molecule has 1 aromatic heterocycles. The van der Waals surface area contributed by atoms with E-state index in [4.69, 9.17) is 10.4 Å². The van der Waals surface area contributed by atoms with Crippen LogP contribution in [0.3, 0.4) is 0 Å². The van der Waals surface area contributed by atoms with Crippen LogP contribution in [0.1, 0.15) is 33.5 Å². The van der Waals surface area contributed by atoms with Crippen molar-refractivity contribution in [3.8, 4) is 11.1 Å². The first-order valence-corrected chi connectivity index (χ1v) is 13.3. The van der Waals surface area contributed by atoms with Crippen molar-refractivity contribution in [2.45, 2.75) is 26.3 Å². The maximum absolute atomic E-state index is 8.99. The minimum Gasteiger partial charge on any atom is -0.364 e. The maximum Gasteiger partial charge on any atom is 0.154 e. The summed E-state index contributed by atoms with van der Waals surface area (Å²) in [4.78, 5) is 9.37. The Kier molecular flexibility index (Phi) is 8.35. The maximum atomic E-state index is 8.99. The Hall–Kier alpha value is -4.83. The molecule has 0 aliphatic heterocycles. The van der Waals surface area contributed by atoms with Gasteiger partial charge in [0.1, 0.15) is 5.84 Å². The monoisotopic (exact) mass is 508 g/mol. The molecule has 0 fully saturated rings. The molecule has 4 aromatic carbocycles. The number of hydrogen-bond acceptors (Lipinski definition) is 2. The molecule has 4 heteroatoms. The molecule has 0 spiro atoms. The molecule has 0 bridgehead atoms. The second-order valence-electron chi connectivity index (χ2n) is 9.53. The van der Waals surface area contributed by atoms with Crippen LogP contribution in [0.5, 0.6) is 0 Å². The Morgan fingerprint density at radius 2 is 1.44 bits per heavy atom. The van der Waals surface area contributed by atoms with Crippen LogP contribution in [-0.4, -0.2) is 16.7 Å². The van der Waals surface area contributed by atoms with Crippen molar-refractivity contribution in [1.82, 2.24) is 10.3 Å². The Balaban J connectivity index is 1.48. The van der Waals surface area contributed by atoms with Gasteiger partial charge in [-0.05, 0) is 65.8 Å². The first-order valence-electron chi connectivity index (χ1n) is 13.3. The Bertz CT molecular complexity index is 1560. The molecule has 39 heavy (non-hydrogen) atoms. The number of nitrogens with one attached hydrogen (secondary N) is 2. The van der Waals surface area contributed by atoms with Gasteiger partial charge in [-0.15, -0.1) is 0 Å². The highest BCUT2D eigenvalue weighted by Gasteiger charge is 2.16. The van der Waals surface area contributed by atoms with Crippen LogP contribution in [0.2, 0.25) is 0 Å². The van der Waals surface area contributed by atoms with E-state index in [1.54, 1.807) is 6.20 Å². The summed E-state index contributed by atoms with van der Waals surface area (Å²) in [6, 6.07) is 41.2. The van der Waals surface area contributed by atoms with Gasteiger partial charge in [0.2, 0.25) is 0 Å².